The van der Waals surface area contributed by atoms with Crippen LogP contribution in [0.2, 0.25) is 0 Å². The molecule has 0 saturated heterocycles. The highest BCUT2D eigenvalue weighted by Crippen LogP contribution is 2.25. The van der Waals surface area contributed by atoms with Crippen LogP contribution in [0.4, 0.5) is 10.5 Å². The predicted molar refractivity (Wildman–Crippen MR) is 77.2 cm³/mol. The zero-order chi connectivity index (χ0) is 13.5. The number of hydrogen-bond acceptors (Lipinski definition) is 2. The molecule has 0 aliphatic heterocycles. The maximum absolute atomic E-state index is 11.7. The fourth-order valence-electron chi connectivity index (χ4n) is 2.66. The third-order valence-corrected chi connectivity index (χ3v) is 3.70. The van der Waals surface area contributed by atoms with Gasteiger partial charge in [0.15, 0.2) is 0 Å². The SMILES string of the molecule is Cc1cncc(NC(=O)NCCC2CCCCC2)c1. The van der Waals surface area contributed by atoms with Gasteiger partial charge in [-0.25, -0.2) is 4.79 Å². The normalized spacial score (nSPS) is 16.1. The first-order chi connectivity index (χ1) is 9.24. The lowest BCUT2D eigenvalue weighted by atomic mass is 9.87. The van der Waals surface area contributed by atoms with Crippen molar-refractivity contribution in [1.29, 1.82) is 0 Å². The summed E-state index contributed by atoms with van der Waals surface area (Å²) in [5.41, 5.74) is 1.79. The number of carbonyl (C=O) groups is 1. The van der Waals surface area contributed by atoms with Gasteiger partial charge in [-0.3, -0.25) is 4.98 Å². The molecule has 2 N–H and O–H groups in total. The van der Waals surface area contributed by atoms with E-state index in [-0.39, 0.29) is 6.03 Å². The molecule has 1 heterocycles. The van der Waals surface area contributed by atoms with Crippen molar-refractivity contribution >= 4 is 11.7 Å². The molecule has 104 valence electrons. The molecule has 1 fully saturated rings. The van der Waals surface area contributed by atoms with E-state index in [4.69, 9.17) is 0 Å². The van der Waals surface area contributed by atoms with E-state index in [1.165, 1.54) is 32.1 Å². The second kappa shape index (κ2) is 7.12. The first-order valence-electron chi connectivity index (χ1n) is 7.20. The lowest BCUT2D eigenvalue weighted by Gasteiger charge is -2.21. The number of nitrogens with one attached hydrogen (secondary N) is 2. The molecule has 1 aromatic heterocycles. The van der Waals surface area contributed by atoms with Gasteiger partial charge in [0.2, 0.25) is 0 Å². The number of anilines is 1. The molecule has 2 rings (SSSR count). The highest BCUT2D eigenvalue weighted by atomic mass is 16.2. The van der Waals surface area contributed by atoms with Crippen LogP contribution in [0.15, 0.2) is 18.5 Å². The molecule has 1 aliphatic rings. The Bertz CT molecular complexity index is 414. The average Bonchev–Trinajstić information content (AvgIpc) is 2.40. The minimum atomic E-state index is -0.136. The van der Waals surface area contributed by atoms with Crippen LogP contribution in [0.1, 0.15) is 44.1 Å². The van der Waals surface area contributed by atoms with Gasteiger partial charge >= 0.3 is 6.03 Å². The Kier molecular flexibility index (Phi) is 5.19. The fraction of sp³-hybridized carbons (Fsp3) is 0.600. The zero-order valence-corrected chi connectivity index (χ0v) is 11.6. The molecule has 4 nitrogen and oxygen atoms in total. The minimum Gasteiger partial charge on any atom is -0.338 e. The first-order valence-corrected chi connectivity index (χ1v) is 7.20. The van der Waals surface area contributed by atoms with Crippen LogP contribution in [0, 0.1) is 12.8 Å². The quantitative estimate of drug-likeness (QED) is 0.871. The van der Waals surface area contributed by atoms with E-state index in [0.717, 1.165) is 30.1 Å². The Balaban J connectivity index is 1.67. The molecule has 19 heavy (non-hydrogen) atoms. The van der Waals surface area contributed by atoms with Crippen molar-refractivity contribution in [3.05, 3.63) is 24.0 Å². The van der Waals surface area contributed by atoms with Gasteiger partial charge in [0, 0.05) is 12.7 Å². The number of hydrogen-bond donors (Lipinski definition) is 2. The number of rotatable bonds is 4. The summed E-state index contributed by atoms with van der Waals surface area (Å²) in [4.78, 5) is 15.8. The van der Waals surface area contributed by atoms with Crippen molar-refractivity contribution in [2.24, 2.45) is 5.92 Å². The number of amides is 2. The third kappa shape index (κ3) is 4.89. The van der Waals surface area contributed by atoms with E-state index in [1.807, 2.05) is 13.0 Å². The molecule has 0 aromatic carbocycles. The summed E-state index contributed by atoms with van der Waals surface area (Å²) in [6, 6.07) is 1.77. The standard InChI is InChI=1S/C15H23N3O/c1-12-9-14(11-16-10-12)18-15(19)17-8-7-13-5-3-2-4-6-13/h9-11,13H,2-8H2,1H3,(H2,17,18,19). The second-order valence-corrected chi connectivity index (χ2v) is 5.42. The van der Waals surface area contributed by atoms with Gasteiger partial charge in [-0.1, -0.05) is 32.1 Å². The average molecular weight is 261 g/mol. The number of nitrogens with zero attached hydrogens (tertiary/aromatic N) is 1. The van der Waals surface area contributed by atoms with Crippen molar-refractivity contribution in [2.75, 3.05) is 11.9 Å². The van der Waals surface area contributed by atoms with E-state index in [9.17, 15) is 4.79 Å². The summed E-state index contributed by atoms with van der Waals surface area (Å²) >= 11 is 0. The van der Waals surface area contributed by atoms with Crippen molar-refractivity contribution in [3.63, 3.8) is 0 Å². The first kappa shape index (κ1) is 13.8. The second-order valence-electron chi connectivity index (χ2n) is 5.42. The summed E-state index contributed by atoms with van der Waals surface area (Å²) < 4.78 is 0. The lowest BCUT2D eigenvalue weighted by molar-refractivity contribution is 0.250. The fourth-order valence-corrected chi connectivity index (χ4v) is 2.66. The zero-order valence-electron chi connectivity index (χ0n) is 11.6. The van der Waals surface area contributed by atoms with Gasteiger partial charge in [-0.15, -0.1) is 0 Å². The molecule has 0 atom stereocenters. The molecular weight excluding hydrogens is 238 g/mol. The number of carbonyl (C=O) groups excluding carboxylic acids is 1. The Morgan fingerprint density at radius 1 is 1.32 bits per heavy atom. The summed E-state index contributed by atoms with van der Waals surface area (Å²) in [6.07, 6.45) is 11.3. The van der Waals surface area contributed by atoms with E-state index < -0.39 is 0 Å². The van der Waals surface area contributed by atoms with Gasteiger partial charge in [0.25, 0.3) is 0 Å². The molecule has 0 unspecified atom stereocenters. The summed E-state index contributed by atoms with van der Waals surface area (Å²) in [7, 11) is 0. The monoisotopic (exact) mass is 261 g/mol. The molecule has 2 amide bonds. The van der Waals surface area contributed by atoms with Gasteiger partial charge in [-0.2, -0.15) is 0 Å². The molecule has 1 aliphatic carbocycles. The van der Waals surface area contributed by atoms with Gasteiger partial charge in [-0.05, 0) is 30.9 Å². The topological polar surface area (TPSA) is 54.0 Å². The highest BCUT2D eigenvalue weighted by Gasteiger charge is 2.13. The minimum absolute atomic E-state index is 0.136. The van der Waals surface area contributed by atoms with Crippen LogP contribution in [0.3, 0.4) is 0 Å². The van der Waals surface area contributed by atoms with Crippen LogP contribution in [0.5, 0.6) is 0 Å². The molecular formula is C15H23N3O. The Labute approximate surface area is 115 Å². The summed E-state index contributed by atoms with van der Waals surface area (Å²) in [5, 5.41) is 5.73. The van der Waals surface area contributed by atoms with Gasteiger partial charge in [0.05, 0.1) is 11.9 Å². The van der Waals surface area contributed by atoms with E-state index in [1.54, 1.807) is 12.4 Å². The van der Waals surface area contributed by atoms with Crippen LogP contribution in [-0.2, 0) is 0 Å². The van der Waals surface area contributed by atoms with E-state index in [2.05, 4.69) is 15.6 Å². The van der Waals surface area contributed by atoms with Crippen LogP contribution in [0.25, 0.3) is 0 Å². The van der Waals surface area contributed by atoms with Gasteiger partial charge < -0.3 is 10.6 Å². The van der Waals surface area contributed by atoms with Crippen LogP contribution >= 0.6 is 0 Å². The number of aromatic nitrogens is 1. The number of urea groups is 1. The maximum atomic E-state index is 11.7. The molecule has 1 aromatic rings. The van der Waals surface area contributed by atoms with E-state index >= 15 is 0 Å². The van der Waals surface area contributed by atoms with Crippen LogP contribution < -0.4 is 10.6 Å². The predicted octanol–water partition coefficient (Wildman–Crippen LogP) is 3.48. The maximum Gasteiger partial charge on any atom is 0.319 e. The number of pyridine rings is 1. The lowest BCUT2D eigenvalue weighted by Crippen LogP contribution is -2.30. The Morgan fingerprint density at radius 3 is 2.84 bits per heavy atom. The van der Waals surface area contributed by atoms with Crippen LogP contribution in [-0.4, -0.2) is 17.6 Å². The van der Waals surface area contributed by atoms with Crippen molar-refractivity contribution in [3.8, 4) is 0 Å². The molecule has 4 heteroatoms. The molecule has 0 radical (unpaired) electrons. The number of aryl methyl sites for hydroxylation is 1. The molecule has 1 saturated carbocycles. The highest BCUT2D eigenvalue weighted by molar-refractivity contribution is 5.89. The Hall–Kier alpha value is -1.58. The summed E-state index contributed by atoms with van der Waals surface area (Å²) in [6.45, 7) is 2.72. The van der Waals surface area contributed by atoms with Gasteiger partial charge in [0.1, 0.15) is 0 Å². The Morgan fingerprint density at radius 2 is 2.11 bits per heavy atom. The summed E-state index contributed by atoms with van der Waals surface area (Å²) in [5.74, 6) is 0.801. The van der Waals surface area contributed by atoms with Crippen molar-refractivity contribution < 1.29 is 4.79 Å². The van der Waals surface area contributed by atoms with Crippen molar-refractivity contribution in [2.45, 2.75) is 45.4 Å². The largest absolute Gasteiger partial charge is 0.338 e. The molecule has 0 spiro atoms. The van der Waals surface area contributed by atoms with E-state index in [0.29, 0.717) is 0 Å². The third-order valence-electron chi connectivity index (χ3n) is 3.70. The van der Waals surface area contributed by atoms with Crippen molar-refractivity contribution in [1.82, 2.24) is 10.3 Å². The smallest absolute Gasteiger partial charge is 0.319 e. The molecule has 0 bridgehead atoms.